The number of rotatable bonds is 4. The Balaban J connectivity index is 2.53. The molecule has 0 amide bonds. The van der Waals surface area contributed by atoms with Gasteiger partial charge in [-0.25, -0.2) is 8.42 Å². The van der Waals surface area contributed by atoms with Crippen molar-refractivity contribution in [2.24, 2.45) is 0 Å². The Kier molecular flexibility index (Phi) is 4.10. The Morgan fingerprint density at radius 3 is 2.40 bits per heavy atom. The number of nitrogens with zero attached hydrogens (tertiary/aromatic N) is 1. The second-order valence-electron chi connectivity index (χ2n) is 4.85. The lowest BCUT2D eigenvalue weighted by Gasteiger charge is -2.22. The number of nitrogens with two attached hydrogens (primary N) is 1. The van der Waals surface area contributed by atoms with E-state index in [0.29, 0.717) is 12.3 Å². The van der Waals surface area contributed by atoms with Crippen molar-refractivity contribution in [3.8, 4) is 11.5 Å². The number of benzene rings is 1. The standard InChI is InChI=1S/C13H20N2O4S/c1-9-5-4-6-15(9)20(16,17)13-7-10(14)11(18-2)8-12(13)19-3/h7-9H,4-6,14H2,1-3H3. The molecule has 1 aromatic rings. The van der Waals surface area contributed by atoms with Gasteiger partial charge in [-0.1, -0.05) is 0 Å². The molecule has 0 aromatic heterocycles. The molecule has 1 unspecified atom stereocenters. The first-order valence-corrected chi connectivity index (χ1v) is 7.89. The molecule has 0 radical (unpaired) electrons. The van der Waals surface area contributed by atoms with Gasteiger partial charge in [0.2, 0.25) is 10.0 Å². The average molecular weight is 300 g/mol. The van der Waals surface area contributed by atoms with Crippen LogP contribution in [0, 0.1) is 0 Å². The van der Waals surface area contributed by atoms with Crippen LogP contribution >= 0.6 is 0 Å². The van der Waals surface area contributed by atoms with Crippen LogP contribution in [0.4, 0.5) is 5.69 Å². The van der Waals surface area contributed by atoms with Gasteiger partial charge >= 0.3 is 0 Å². The summed E-state index contributed by atoms with van der Waals surface area (Å²) in [6, 6.07) is 2.90. The van der Waals surface area contributed by atoms with E-state index in [1.165, 1.54) is 30.7 Å². The zero-order valence-corrected chi connectivity index (χ0v) is 12.7. The van der Waals surface area contributed by atoms with Crippen LogP contribution in [0.2, 0.25) is 0 Å². The minimum atomic E-state index is -3.61. The van der Waals surface area contributed by atoms with Crippen molar-refractivity contribution in [2.45, 2.75) is 30.7 Å². The summed E-state index contributed by atoms with van der Waals surface area (Å²) in [5.41, 5.74) is 6.10. The molecular formula is C13H20N2O4S. The quantitative estimate of drug-likeness (QED) is 0.851. The largest absolute Gasteiger partial charge is 0.495 e. The molecule has 1 atom stereocenters. The fourth-order valence-corrected chi connectivity index (χ4v) is 4.36. The van der Waals surface area contributed by atoms with Crippen LogP contribution in [0.25, 0.3) is 0 Å². The van der Waals surface area contributed by atoms with Crippen LogP contribution in [0.15, 0.2) is 17.0 Å². The molecule has 1 aliphatic rings. The van der Waals surface area contributed by atoms with Gasteiger partial charge in [0.05, 0.1) is 19.9 Å². The molecule has 7 heteroatoms. The maximum Gasteiger partial charge on any atom is 0.247 e. The van der Waals surface area contributed by atoms with Crippen LogP contribution in [-0.2, 0) is 10.0 Å². The van der Waals surface area contributed by atoms with E-state index in [4.69, 9.17) is 15.2 Å². The number of anilines is 1. The van der Waals surface area contributed by atoms with Crippen molar-refractivity contribution in [2.75, 3.05) is 26.5 Å². The number of nitrogen functional groups attached to an aromatic ring is 1. The Hall–Kier alpha value is -1.47. The highest BCUT2D eigenvalue weighted by atomic mass is 32.2. The predicted octanol–water partition coefficient (Wildman–Crippen LogP) is 1.46. The minimum absolute atomic E-state index is 0.00645. The van der Waals surface area contributed by atoms with Crippen LogP contribution < -0.4 is 15.2 Å². The molecule has 6 nitrogen and oxygen atoms in total. The summed E-state index contributed by atoms with van der Waals surface area (Å²) >= 11 is 0. The molecule has 112 valence electrons. The van der Waals surface area contributed by atoms with Crippen LogP contribution in [-0.4, -0.2) is 39.5 Å². The Morgan fingerprint density at radius 2 is 1.90 bits per heavy atom. The lowest BCUT2D eigenvalue weighted by atomic mass is 10.3. The summed E-state index contributed by atoms with van der Waals surface area (Å²) in [6.07, 6.45) is 1.74. The van der Waals surface area contributed by atoms with E-state index >= 15 is 0 Å². The molecule has 20 heavy (non-hydrogen) atoms. The third-order valence-electron chi connectivity index (χ3n) is 3.59. The highest BCUT2D eigenvalue weighted by Crippen LogP contribution is 2.37. The lowest BCUT2D eigenvalue weighted by Crippen LogP contribution is -2.33. The first kappa shape index (κ1) is 14.9. The van der Waals surface area contributed by atoms with Gasteiger partial charge in [0.15, 0.2) is 0 Å². The number of hydrogen-bond acceptors (Lipinski definition) is 5. The van der Waals surface area contributed by atoms with E-state index in [0.717, 1.165) is 12.8 Å². The first-order chi connectivity index (χ1) is 9.41. The van der Waals surface area contributed by atoms with Crippen molar-refractivity contribution in [1.82, 2.24) is 4.31 Å². The maximum atomic E-state index is 12.7. The van der Waals surface area contributed by atoms with Crippen molar-refractivity contribution >= 4 is 15.7 Å². The van der Waals surface area contributed by atoms with E-state index in [1.807, 2.05) is 6.92 Å². The Bertz CT molecular complexity index is 601. The molecule has 2 N–H and O–H groups in total. The van der Waals surface area contributed by atoms with Gasteiger partial charge in [-0.05, 0) is 25.8 Å². The van der Waals surface area contributed by atoms with E-state index in [2.05, 4.69) is 0 Å². The number of sulfonamides is 1. The summed E-state index contributed by atoms with van der Waals surface area (Å²) in [5, 5.41) is 0. The molecule has 0 spiro atoms. The molecule has 0 aliphatic carbocycles. The van der Waals surface area contributed by atoms with Gasteiger partial charge in [-0.15, -0.1) is 0 Å². The molecular weight excluding hydrogens is 280 g/mol. The smallest absolute Gasteiger partial charge is 0.247 e. The molecule has 1 heterocycles. The van der Waals surface area contributed by atoms with Crippen LogP contribution in [0.1, 0.15) is 19.8 Å². The van der Waals surface area contributed by atoms with Gasteiger partial charge in [0.25, 0.3) is 0 Å². The topological polar surface area (TPSA) is 81.9 Å². The van der Waals surface area contributed by atoms with Gasteiger partial charge in [0, 0.05) is 18.7 Å². The van der Waals surface area contributed by atoms with E-state index in [-0.39, 0.29) is 22.4 Å². The normalized spacial score (nSPS) is 20.1. The second kappa shape index (κ2) is 5.49. The third kappa shape index (κ3) is 2.43. The van der Waals surface area contributed by atoms with Gasteiger partial charge in [-0.3, -0.25) is 0 Å². The van der Waals surface area contributed by atoms with E-state index < -0.39 is 10.0 Å². The molecule has 2 rings (SSSR count). The molecule has 1 aliphatic heterocycles. The molecule has 0 bridgehead atoms. The first-order valence-electron chi connectivity index (χ1n) is 6.45. The summed E-state index contributed by atoms with van der Waals surface area (Å²) in [5.74, 6) is 0.644. The number of hydrogen-bond donors (Lipinski definition) is 1. The average Bonchev–Trinajstić information content (AvgIpc) is 2.85. The van der Waals surface area contributed by atoms with Crippen molar-refractivity contribution in [1.29, 1.82) is 0 Å². The van der Waals surface area contributed by atoms with Crippen molar-refractivity contribution in [3.63, 3.8) is 0 Å². The van der Waals surface area contributed by atoms with Crippen molar-refractivity contribution in [3.05, 3.63) is 12.1 Å². The fourth-order valence-electron chi connectivity index (χ4n) is 2.49. The summed E-state index contributed by atoms with van der Waals surface area (Å²) in [7, 11) is -0.703. The zero-order chi connectivity index (χ0) is 14.9. The lowest BCUT2D eigenvalue weighted by molar-refractivity contribution is 0.378. The highest BCUT2D eigenvalue weighted by molar-refractivity contribution is 7.89. The molecule has 1 saturated heterocycles. The van der Waals surface area contributed by atoms with Gasteiger partial charge in [-0.2, -0.15) is 4.31 Å². The summed E-state index contributed by atoms with van der Waals surface area (Å²) < 4.78 is 37.2. The van der Waals surface area contributed by atoms with E-state index in [9.17, 15) is 8.42 Å². The molecule has 1 aromatic carbocycles. The minimum Gasteiger partial charge on any atom is -0.495 e. The summed E-state index contributed by atoms with van der Waals surface area (Å²) in [4.78, 5) is 0.0899. The Labute approximate surface area is 119 Å². The zero-order valence-electron chi connectivity index (χ0n) is 11.9. The Morgan fingerprint density at radius 1 is 1.25 bits per heavy atom. The maximum absolute atomic E-state index is 12.7. The van der Waals surface area contributed by atoms with Crippen molar-refractivity contribution < 1.29 is 17.9 Å². The number of ether oxygens (including phenoxy) is 2. The molecule has 1 fully saturated rings. The number of methoxy groups -OCH3 is 2. The van der Waals surface area contributed by atoms with Crippen LogP contribution in [0.5, 0.6) is 11.5 Å². The fraction of sp³-hybridized carbons (Fsp3) is 0.538. The van der Waals surface area contributed by atoms with E-state index in [1.54, 1.807) is 0 Å². The van der Waals surface area contributed by atoms with Gasteiger partial charge < -0.3 is 15.2 Å². The third-order valence-corrected chi connectivity index (χ3v) is 5.63. The summed E-state index contributed by atoms with van der Waals surface area (Å²) in [6.45, 7) is 2.43. The predicted molar refractivity (Wildman–Crippen MR) is 76.5 cm³/mol. The van der Waals surface area contributed by atoms with Crippen LogP contribution in [0.3, 0.4) is 0 Å². The highest BCUT2D eigenvalue weighted by Gasteiger charge is 2.35. The second-order valence-corrected chi connectivity index (χ2v) is 6.71. The molecule has 0 saturated carbocycles. The SMILES string of the molecule is COc1cc(OC)c(S(=O)(=O)N2CCCC2C)cc1N. The monoisotopic (exact) mass is 300 g/mol. The van der Waals surface area contributed by atoms with Gasteiger partial charge in [0.1, 0.15) is 16.4 Å².